The Labute approximate surface area is 164 Å². The Hall–Kier alpha value is -2.58. The lowest BCUT2D eigenvalue weighted by Gasteiger charge is -2.22. The Morgan fingerprint density at radius 2 is 1.93 bits per heavy atom. The van der Waals surface area contributed by atoms with Crippen molar-refractivity contribution in [2.45, 2.75) is 18.5 Å². The summed E-state index contributed by atoms with van der Waals surface area (Å²) in [5.41, 5.74) is 2.70. The molecule has 3 rings (SSSR count). The van der Waals surface area contributed by atoms with Gasteiger partial charge in [0.05, 0.1) is 5.52 Å². The van der Waals surface area contributed by atoms with Crippen molar-refractivity contribution in [2.75, 3.05) is 13.6 Å². The van der Waals surface area contributed by atoms with Crippen molar-refractivity contribution in [2.24, 2.45) is 0 Å². The van der Waals surface area contributed by atoms with Crippen molar-refractivity contribution in [3.63, 3.8) is 0 Å². The molecule has 28 heavy (non-hydrogen) atoms. The van der Waals surface area contributed by atoms with Gasteiger partial charge in [-0.15, -0.1) is 5.06 Å². The number of rotatable bonds is 6. The normalized spacial score (nSPS) is 13.1. The van der Waals surface area contributed by atoms with Crippen molar-refractivity contribution < 1.29 is 22.8 Å². The molecule has 1 N–H and O–H groups in total. The van der Waals surface area contributed by atoms with Crippen LogP contribution in [0.5, 0.6) is 0 Å². The van der Waals surface area contributed by atoms with Gasteiger partial charge >= 0.3 is 12.1 Å². The monoisotopic (exact) mass is 411 g/mol. The molecule has 2 aromatic carbocycles. The molecule has 1 atom stereocenters. The molecule has 0 saturated carbocycles. The predicted molar refractivity (Wildman–Crippen MR) is 98.8 cm³/mol. The van der Waals surface area contributed by atoms with Crippen LogP contribution in [0.15, 0.2) is 48.5 Å². The first-order valence-electron chi connectivity index (χ1n) is 8.44. The summed E-state index contributed by atoms with van der Waals surface area (Å²) in [5.74, 6) is -2.37. The van der Waals surface area contributed by atoms with E-state index in [2.05, 4.69) is 15.0 Å². The maximum Gasteiger partial charge on any atom is 0.492 e. The molecule has 0 unspecified atom stereocenters. The van der Waals surface area contributed by atoms with Crippen LogP contribution in [-0.4, -0.2) is 41.0 Å². The molecule has 0 aliphatic rings. The zero-order valence-corrected chi connectivity index (χ0v) is 15.6. The van der Waals surface area contributed by atoms with Crippen LogP contribution in [-0.2, 0) is 9.63 Å². The fourth-order valence-electron chi connectivity index (χ4n) is 2.98. The van der Waals surface area contributed by atoms with Gasteiger partial charge in [0.1, 0.15) is 0 Å². The number of hydroxylamine groups is 2. The van der Waals surface area contributed by atoms with Gasteiger partial charge < -0.3 is 4.84 Å². The summed E-state index contributed by atoms with van der Waals surface area (Å²) in [6.45, 7) is 0.110. The van der Waals surface area contributed by atoms with E-state index in [4.69, 9.17) is 11.6 Å². The van der Waals surface area contributed by atoms with Crippen LogP contribution in [0.3, 0.4) is 0 Å². The molecule has 0 spiro atoms. The number of H-pyrrole nitrogens is 1. The second kappa shape index (κ2) is 8.20. The third-order valence-electron chi connectivity index (χ3n) is 4.35. The van der Waals surface area contributed by atoms with E-state index >= 15 is 0 Å². The Morgan fingerprint density at radius 1 is 1.21 bits per heavy atom. The van der Waals surface area contributed by atoms with Crippen LogP contribution in [0.1, 0.15) is 23.5 Å². The van der Waals surface area contributed by atoms with E-state index < -0.39 is 12.1 Å². The first kappa shape index (κ1) is 20.2. The SMILES string of the molecule is CN(CC[C@H](c1ccccc1)c1ccc2[nH]nc(Cl)c2c1)OC(=O)C(F)(F)F. The fraction of sp³-hybridized carbons (Fsp3) is 0.263. The molecular weight excluding hydrogens is 395 g/mol. The molecule has 0 bridgehead atoms. The van der Waals surface area contributed by atoms with E-state index in [1.807, 2.05) is 48.5 Å². The van der Waals surface area contributed by atoms with Crippen LogP contribution >= 0.6 is 11.6 Å². The summed E-state index contributed by atoms with van der Waals surface area (Å²) < 4.78 is 37.1. The van der Waals surface area contributed by atoms with E-state index in [1.165, 1.54) is 7.05 Å². The Kier molecular flexibility index (Phi) is 5.90. The maximum absolute atomic E-state index is 12.4. The minimum Gasteiger partial charge on any atom is -0.361 e. The second-order valence-electron chi connectivity index (χ2n) is 6.30. The highest BCUT2D eigenvalue weighted by Crippen LogP contribution is 2.32. The van der Waals surface area contributed by atoms with Crippen LogP contribution in [0.4, 0.5) is 13.2 Å². The largest absolute Gasteiger partial charge is 0.492 e. The van der Waals surface area contributed by atoms with E-state index in [9.17, 15) is 18.0 Å². The number of hydrogen-bond acceptors (Lipinski definition) is 4. The van der Waals surface area contributed by atoms with Gasteiger partial charge in [0.15, 0.2) is 5.15 Å². The van der Waals surface area contributed by atoms with E-state index in [-0.39, 0.29) is 12.5 Å². The van der Waals surface area contributed by atoms with Gasteiger partial charge in [-0.25, -0.2) is 4.79 Å². The lowest BCUT2D eigenvalue weighted by molar-refractivity contribution is -0.234. The fourth-order valence-corrected chi connectivity index (χ4v) is 3.18. The van der Waals surface area contributed by atoms with Crippen LogP contribution in [0.25, 0.3) is 10.9 Å². The molecule has 1 aromatic heterocycles. The van der Waals surface area contributed by atoms with Gasteiger partial charge in [-0.2, -0.15) is 18.3 Å². The summed E-state index contributed by atoms with van der Waals surface area (Å²) in [6.07, 6.45) is -4.61. The van der Waals surface area contributed by atoms with Gasteiger partial charge in [0, 0.05) is 24.9 Å². The molecular formula is C19H17ClF3N3O2. The first-order valence-corrected chi connectivity index (χ1v) is 8.82. The highest BCUT2D eigenvalue weighted by Gasteiger charge is 2.42. The standard InChI is InChI=1S/C19H17ClF3N3O2/c1-26(28-18(27)19(21,22)23)10-9-14(12-5-3-2-4-6-12)13-7-8-16-15(11-13)17(20)25-24-16/h2-8,11,14H,9-10H2,1H3,(H,24,25)/t14-/m1/s1. The van der Waals surface area contributed by atoms with Gasteiger partial charge in [-0.05, 0) is 29.7 Å². The van der Waals surface area contributed by atoms with Crippen molar-refractivity contribution >= 4 is 28.5 Å². The number of alkyl halides is 3. The van der Waals surface area contributed by atoms with Crippen molar-refractivity contribution in [3.8, 4) is 0 Å². The summed E-state index contributed by atoms with van der Waals surface area (Å²) in [5, 5.41) is 8.80. The number of nitrogens with one attached hydrogen (secondary N) is 1. The molecule has 3 aromatic rings. The molecule has 5 nitrogen and oxygen atoms in total. The van der Waals surface area contributed by atoms with Crippen LogP contribution < -0.4 is 0 Å². The van der Waals surface area contributed by atoms with Gasteiger partial charge in [-0.1, -0.05) is 48.0 Å². The maximum atomic E-state index is 12.4. The first-order chi connectivity index (χ1) is 13.3. The Morgan fingerprint density at radius 3 is 2.61 bits per heavy atom. The van der Waals surface area contributed by atoms with Gasteiger partial charge in [-0.3, -0.25) is 5.10 Å². The number of aromatic nitrogens is 2. The molecule has 9 heteroatoms. The number of fused-ring (bicyclic) bond motifs is 1. The van der Waals surface area contributed by atoms with Crippen LogP contribution in [0, 0.1) is 0 Å². The number of carbonyl (C=O) groups is 1. The van der Waals surface area contributed by atoms with E-state index in [0.29, 0.717) is 11.6 Å². The molecule has 0 aliphatic heterocycles. The molecule has 148 valence electrons. The molecule has 0 amide bonds. The minimum absolute atomic E-state index is 0.110. The molecule has 0 saturated heterocycles. The summed E-state index contributed by atoms with van der Waals surface area (Å²) in [7, 11) is 1.29. The second-order valence-corrected chi connectivity index (χ2v) is 6.66. The number of carbonyl (C=O) groups excluding carboxylic acids is 1. The molecule has 0 radical (unpaired) electrons. The van der Waals surface area contributed by atoms with Crippen molar-refractivity contribution in [1.29, 1.82) is 0 Å². The lowest BCUT2D eigenvalue weighted by Crippen LogP contribution is -2.33. The molecule has 0 fully saturated rings. The highest BCUT2D eigenvalue weighted by molar-refractivity contribution is 6.34. The van der Waals surface area contributed by atoms with Crippen molar-refractivity contribution in [1.82, 2.24) is 15.3 Å². The zero-order valence-electron chi connectivity index (χ0n) is 14.8. The van der Waals surface area contributed by atoms with Gasteiger partial charge in [0.25, 0.3) is 0 Å². The average molecular weight is 412 g/mol. The number of benzene rings is 2. The van der Waals surface area contributed by atoms with Crippen molar-refractivity contribution in [3.05, 3.63) is 64.8 Å². The Balaban J connectivity index is 1.82. The number of hydrogen-bond donors (Lipinski definition) is 1. The summed E-state index contributed by atoms with van der Waals surface area (Å²) in [4.78, 5) is 15.3. The highest BCUT2D eigenvalue weighted by atomic mass is 35.5. The summed E-state index contributed by atoms with van der Waals surface area (Å²) >= 11 is 6.11. The van der Waals surface area contributed by atoms with Gasteiger partial charge in [0.2, 0.25) is 0 Å². The predicted octanol–water partition coefficient (Wildman–Crippen LogP) is 4.69. The summed E-state index contributed by atoms with van der Waals surface area (Å²) in [6, 6.07) is 15.2. The Bertz CT molecular complexity index is 960. The quantitative estimate of drug-likeness (QED) is 0.598. The zero-order chi connectivity index (χ0) is 20.3. The smallest absolute Gasteiger partial charge is 0.361 e. The topological polar surface area (TPSA) is 58.2 Å². The number of halogens is 4. The van der Waals surface area contributed by atoms with E-state index in [0.717, 1.165) is 27.1 Å². The van der Waals surface area contributed by atoms with Crippen LogP contribution in [0.2, 0.25) is 5.15 Å². The minimum atomic E-state index is -5.03. The van der Waals surface area contributed by atoms with E-state index in [1.54, 1.807) is 0 Å². The lowest BCUT2D eigenvalue weighted by atomic mass is 9.88. The molecule has 0 aliphatic carbocycles. The average Bonchev–Trinajstić information content (AvgIpc) is 3.02. The third-order valence-corrected chi connectivity index (χ3v) is 4.64. The third kappa shape index (κ3) is 4.63. The number of nitrogens with zero attached hydrogens (tertiary/aromatic N) is 2. The molecule has 1 heterocycles. The number of aromatic amines is 1.